The minimum atomic E-state index is -0.188. The van der Waals surface area contributed by atoms with Crippen molar-refractivity contribution in [1.82, 2.24) is 14.5 Å². The molecule has 0 spiro atoms. The van der Waals surface area contributed by atoms with Gasteiger partial charge in [0.2, 0.25) is 0 Å². The summed E-state index contributed by atoms with van der Waals surface area (Å²) in [6, 6.07) is 11.7. The lowest BCUT2D eigenvalue weighted by Crippen LogP contribution is -2.22. The Morgan fingerprint density at radius 3 is 2.42 bits per heavy atom. The number of carbonyl (C=O) groups excluding carboxylic acids is 2. The van der Waals surface area contributed by atoms with Crippen LogP contribution >= 0.6 is 11.6 Å². The number of imidazole rings is 1. The average Bonchev–Trinajstić information content (AvgIpc) is 3.11. The van der Waals surface area contributed by atoms with Crippen LogP contribution in [0.3, 0.4) is 0 Å². The van der Waals surface area contributed by atoms with E-state index < -0.39 is 0 Å². The molecule has 0 atom stereocenters. The molecule has 3 rings (SSSR count). The maximum atomic E-state index is 12.5. The molecule has 2 aromatic carbocycles. The van der Waals surface area contributed by atoms with Crippen LogP contribution in [-0.2, 0) is 16.0 Å². The van der Waals surface area contributed by atoms with E-state index in [0.29, 0.717) is 30.0 Å². The first-order valence-electron chi connectivity index (χ1n) is 10.4. The van der Waals surface area contributed by atoms with Crippen molar-refractivity contribution in [3.05, 3.63) is 58.4 Å². The molecule has 0 radical (unpaired) electrons. The highest BCUT2D eigenvalue weighted by Gasteiger charge is 2.20. The number of ether oxygens (including phenoxy) is 1. The Kier molecular flexibility index (Phi) is 7.01. The van der Waals surface area contributed by atoms with Gasteiger partial charge in [-0.25, -0.2) is 4.98 Å². The van der Waals surface area contributed by atoms with Gasteiger partial charge >= 0.3 is 5.97 Å². The van der Waals surface area contributed by atoms with Crippen molar-refractivity contribution in [3.8, 4) is 5.69 Å². The highest BCUT2D eigenvalue weighted by atomic mass is 35.5. The van der Waals surface area contributed by atoms with Gasteiger partial charge in [0.1, 0.15) is 5.82 Å². The molecule has 6 nitrogen and oxygen atoms in total. The summed E-state index contributed by atoms with van der Waals surface area (Å²) < 4.78 is 7.25. The van der Waals surface area contributed by atoms with Gasteiger partial charge in [0.25, 0.3) is 5.91 Å². The smallest absolute Gasteiger partial charge is 0.305 e. The number of rotatable bonds is 7. The first-order chi connectivity index (χ1) is 14.7. The van der Waals surface area contributed by atoms with E-state index in [2.05, 4.69) is 18.4 Å². The molecule has 164 valence electrons. The molecule has 0 saturated heterocycles. The third-order valence-electron chi connectivity index (χ3n) is 5.06. The van der Waals surface area contributed by atoms with E-state index in [4.69, 9.17) is 21.3 Å². The number of hydrogen-bond donors (Lipinski definition) is 0. The highest BCUT2D eigenvalue weighted by Crippen LogP contribution is 2.31. The monoisotopic (exact) mass is 441 g/mol. The zero-order chi connectivity index (χ0) is 22.7. The number of fused-ring (bicyclic) bond motifs is 1. The first kappa shape index (κ1) is 22.8. The standard InChI is InChI=1S/C24H28ClN3O3/c1-6-22(29)31-12-11-16-7-9-17(10-8-16)28-21-14-19(25)18(24(30)27(4)5)13-20(21)26-23(28)15(2)3/h7-10,13-15H,6,11-12H2,1-5H3. The second-order valence-corrected chi connectivity index (χ2v) is 8.38. The first-order valence-corrected chi connectivity index (χ1v) is 10.8. The molecule has 0 fully saturated rings. The van der Waals surface area contributed by atoms with Crippen molar-refractivity contribution >= 4 is 34.5 Å². The summed E-state index contributed by atoms with van der Waals surface area (Å²) in [4.78, 5) is 30.1. The molecule has 1 aromatic heterocycles. The minimum Gasteiger partial charge on any atom is -0.465 e. The van der Waals surface area contributed by atoms with Gasteiger partial charge in [-0.2, -0.15) is 0 Å². The summed E-state index contributed by atoms with van der Waals surface area (Å²) in [5.74, 6) is 0.727. The third kappa shape index (κ3) is 4.90. The van der Waals surface area contributed by atoms with Gasteiger partial charge in [0.15, 0.2) is 0 Å². The molecular formula is C24H28ClN3O3. The summed E-state index contributed by atoms with van der Waals surface area (Å²) in [6.45, 7) is 6.32. The Morgan fingerprint density at radius 2 is 1.84 bits per heavy atom. The largest absolute Gasteiger partial charge is 0.465 e. The molecule has 7 heteroatoms. The predicted octanol–water partition coefficient (Wildman–Crippen LogP) is 5.00. The molecule has 0 aliphatic heterocycles. The molecule has 1 heterocycles. The Balaban J connectivity index is 1.99. The molecule has 1 amide bonds. The van der Waals surface area contributed by atoms with Crippen LogP contribution in [0.5, 0.6) is 0 Å². The van der Waals surface area contributed by atoms with E-state index in [1.54, 1.807) is 27.1 Å². The average molecular weight is 442 g/mol. The van der Waals surface area contributed by atoms with E-state index in [-0.39, 0.29) is 17.8 Å². The van der Waals surface area contributed by atoms with Crippen LogP contribution in [0.25, 0.3) is 16.7 Å². The molecule has 0 aliphatic rings. The quantitative estimate of drug-likeness (QED) is 0.484. The van der Waals surface area contributed by atoms with Gasteiger partial charge in [-0.3, -0.25) is 14.2 Å². The zero-order valence-electron chi connectivity index (χ0n) is 18.6. The number of nitrogens with zero attached hydrogens (tertiary/aromatic N) is 3. The van der Waals surface area contributed by atoms with E-state index in [1.807, 2.05) is 30.3 Å². The summed E-state index contributed by atoms with van der Waals surface area (Å²) in [5, 5.41) is 0.400. The summed E-state index contributed by atoms with van der Waals surface area (Å²) in [5.41, 5.74) is 4.07. The molecule has 0 saturated carbocycles. The van der Waals surface area contributed by atoms with Crippen LogP contribution < -0.4 is 0 Å². The minimum absolute atomic E-state index is 0.152. The number of halogens is 1. The van der Waals surface area contributed by atoms with E-state index >= 15 is 0 Å². The van der Waals surface area contributed by atoms with Crippen molar-refractivity contribution < 1.29 is 14.3 Å². The second-order valence-electron chi connectivity index (χ2n) is 7.97. The van der Waals surface area contributed by atoms with Crippen molar-refractivity contribution in [1.29, 1.82) is 0 Å². The second kappa shape index (κ2) is 9.52. The highest BCUT2D eigenvalue weighted by molar-refractivity contribution is 6.34. The number of benzene rings is 2. The van der Waals surface area contributed by atoms with Crippen molar-refractivity contribution in [2.24, 2.45) is 0 Å². The number of carbonyl (C=O) groups is 2. The molecule has 0 unspecified atom stereocenters. The van der Waals surface area contributed by atoms with Crippen LogP contribution in [0.1, 0.15) is 54.9 Å². The zero-order valence-corrected chi connectivity index (χ0v) is 19.4. The number of amides is 1. The van der Waals surface area contributed by atoms with Gasteiger partial charge in [0.05, 0.1) is 28.2 Å². The topological polar surface area (TPSA) is 64.4 Å². The fourth-order valence-corrected chi connectivity index (χ4v) is 3.62. The summed E-state index contributed by atoms with van der Waals surface area (Å²) in [6.07, 6.45) is 1.05. The van der Waals surface area contributed by atoms with Crippen molar-refractivity contribution in [2.45, 2.75) is 39.5 Å². The Morgan fingerprint density at radius 1 is 1.16 bits per heavy atom. The number of aromatic nitrogens is 2. The predicted molar refractivity (Wildman–Crippen MR) is 123 cm³/mol. The van der Waals surface area contributed by atoms with Crippen LogP contribution in [0.4, 0.5) is 0 Å². The maximum absolute atomic E-state index is 12.5. The maximum Gasteiger partial charge on any atom is 0.305 e. The van der Waals surface area contributed by atoms with Gasteiger partial charge in [-0.1, -0.05) is 44.5 Å². The lowest BCUT2D eigenvalue weighted by atomic mass is 10.1. The van der Waals surface area contributed by atoms with Crippen LogP contribution in [-0.4, -0.2) is 47.0 Å². The Labute approximate surface area is 187 Å². The van der Waals surface area contributed by atoms with Crippen LogP contribution in [0, 0.1) is 0 Å². The molecule has 0 N–H and O–H groups in total. The van der Waals surface area contributed by atoms with Gasteiger partial charge in [0, 0.05) is 38.5 Å². The van der Waals surface area contributed by atoms with Crippen LogP contribution in [0.2, 0.25) is 5.02 Å². The molecule has 3 aromatic rings. The van der Waals surface area contributed by atoms with Crippen molar-refractivity contribution in [2.75, 3.05) is 20.7 Å². The fraction of sp³-hybridized carbons (Fsp3) is 0.375. The normalized spacial score (nSPS) is 11.2. The molecule has 0 aliphatic carbocycles. The Bertz CT molecular complexity index is 1100. The lowest BCUT2D eigenvalue weighted by Gasteiger charge is -2.14. The Hall–Kier alpha value is -2.86. The molecular weight excluding hydrogens is 414 g/mol. The fourth-order valence-electron chi connectivity index (χ4n) is 3.38. The SMILES string of the molecule is CCC(=O)OCCc1ccc(-n2c(C(C)C)nc3cc(C(=O)N(C)C)c(Cl)cc32)cc1. The summed E-state index contributed by atoms with van der Waals surface area (Å²) >= 11 is 6.48. The number of esters is 1. The van der Waals surface area contributed by atoms with Gasteiger partial charge in [-0.05, 0) is 29.8 Å². The third-order valence-corrected chi connectivity index (χ3v) is 5.37. The van der Waals surface area contributed by atoms with Gasteiger partial charge < -0.3 is 9.64 Å². The lowest BCUT2D eigenvalue weighted by molar-refractivity contribution is -0.143. The molecule has 31 heavy (non-hydrogen) atoms. The van der Waals surface area contributed by atoms with E-state index in [0.717, 1.165) is 28.1 Å². The molecule has 0 bridgehead atoms. The van der Waals surface area contributed by atoms with E-state index in [1.165, 1.54) is 4.90 Å². The van der Waals surface area contributed by atoms with Gasteiger partial charge in [-0.15, -0.1) is 0 Å². The van der Waals surface area contributed by atoms with Crippen LogP contribution in [0.15, 0.2) is 36.4 Å². The van der Waals surface area contributed by atoms with Crippen molar-refractivity contribution in [3.63, 3.8) is 0 Å². The summed E-state index contributed by atoms with van der Waals surface area (Å²) in [7, 11) is 3.40. The van der Waals surface area contributed by atoms with E-state index in [9.17, 15) is 9.59 Å². The number of hydrogen-bond acceptors (Lipinski definition) is 4.